The molecule has 1 saturated carbocycles. The van der Waals surface area contributed by atoms with Crippen LogP contribution in [0.1, 0.15) is 37.7 Å². The lowest BCUT2D eigenvalue weighted by atomic mass is 9.79. The van der Waals surface area contributed by atoms with Gasteiger partial charge in [-0.05, 0) is 55.5 Å². The van der Waals surface area contributed by atoms with Crippen LogP contribution in [0.15, 0.2) is 64.8 Å². The molecule has 4 aromatic rings. The fraction of sp³-hybridized carbons (Fsp3) is 0.312. The summed E-state index contributed by atoms with van der Waals surface area (Å²) in [5.41, 5.74) is -0.466. The van der Waals surface area contributed by atoms with E-state index in [4.69, 9.17) is 11.6 Å². The van der Waals surface area contributed by atoms with E-state index in [9.17, 15) is 22.4 Å². The van der Waals surface area contributed by atoms with Gasteiger partial charge >= 0.3 is 5.69 Å². The Balaban J connectivity index is 1.68. The molecule has 2 aromatic carbocycles. The minimum atomic E-state index is -3.86. The molecule has 9 nitrogen and oxygen atoms in total. The highest BCUT2D eigenvalue weighted by molar-refractivity contribution is 7.90. The smallest absolute Gasteiger partial charge is 0.350 e. The van der Waals surface area contributed by atoms with Gasteiger partial charge in [0.2, 0.25) is 5.91 Å². The number of pyridine rings is 1. The van der Waals surface area contributed by atoms with E-state index >= 15 is 4.39 Å². The van der Waals surface area contributed by atoms with Crippen LogP contribution in [0.2, 0.25) is 5.02 Å². The first-order valence-electron chi connectivity index (χ1n) is 14.5. The molecule has 0 radical (unpaired) electrons. The zero-order valence-corrected chi connectivity index (χ0v) is 26.2. The second kappa shape index (κ2) is 11.6. The van der Waals surface area contributed by atoms with E-state index in [1.165, 1.54) is 24.3 Å². The molecule has 1 aliphatic heterocycles. The van der Waals surface area contributed by atoms with Gasteiger partial charge in [-0.25, -0.2) is 31.5 Å². The summed E-state index contributed by atoms with van der Waals surface area (Å²) in [5.74, 6) is -1.73. The van der Waals surface area contributed by atoms with E-state index in [0.29, 0.717) is 18.7 Å². The Morgan fingerprint density at radius 3 is 2.47 bits per heavy atom. The highest BCUT2D eigenvalue weighted by Gasteiger charge is 2.33. The van der Waals surface area contributed by atoms with Gasteiger partial charge in [0.15, 0.2) is 15.5 Å². The fourth-order valence-electron chi connectivity index (χ4n) is 6.13. The first-order chi connectivity index (χ1) is 21.4. The maximum Gasteiger partial charge on any atom is 0.355 e. The maximum absolute atomic E-state index is 16.0. The number of piperazine rings is 1. The van der Waals surface area contributed by atoms with E-state index in [-0.39, 0.29) is 68.1 Å². The lowest BCUT2D eigenvalue weighted by Gasteiger charge is -2.40. The van der Waals surface area contributed by atoms with E-state index < -0.39 is 27.2 Å². The predicted octanol–water partition coefficient (Wildman–Crippen LogP) is 5.27. The molecule has 1 aliphatic carbocycles. The number of anilines is 1. The summed E-state index contributed by atoms with van der Waals surface area (Å²) in [6.45, 7) is 6.28. The molecule has 3 heterocycles. The van der Waals surface area contributed by atoms with Crippen LogP contribution >= 0.6 is 11.6 Å². The highest BCUT2D eigenvalue weighted by atomic mass is 35.5. The van der Waals surface area contributed by atoms with Gasteiger partial charge in [-0.15, -0.1) is 0 Å². The summed E-state index contributed by atoms with van der Waals surface area (Å²) < 4.78 is 57.9. The lowest BCUT2D eigenvalue weighted by Crippen LogP contribution is -2.54. The van der Waals surface area contributed by atoms with Crippen molar-refractivity contribution in [1.82, 2.24) is 19.4 Å². The average molecular weight is 654 g/mol. The van der Waals surface area contributed by atoms with Crippen LogP contribution in [0, 0.1) is 11.6 Å². The van der Waals surface area contributed by atoms with Crippen LogP contribution in [0.4, 0.5) is 14.6 Å². The summed E-state index contributed by atoms with van der Waals surface area (Å²) >= 11 is 6.25. The molecule has 45 heavy (non-hydrogen) atoms. The molecule has 0 bridgehead atoms. The molecule has 2 aliphatic rings. The molecule has 1 saturated heterocycles. The molecule has 0 spiro atoms. The first-order valence-corrected chi connectivity index (χ1v) is 16.8. The van der Waals surface area contributed by atoms with Crippen LogP contribution in [0.5, 0.6) is 0 Å². The number of sulfone groups is 1. The summed E-state index contributed by atoms with van der Waals surface area (Å²) in [4.78, 5) is 38.8. The largest absolute Gasteiger partial charge is 0.355 e. The number of para-hydroxylation sites is 1. The molecule has 13 heteroatoms. The minimum Gasteiger partial charge on any atom is -0.350 e. The molecule has 234 valence electrons. The zero-order chi connectivity index (χ0) is 32.2. The number of rotatable bonds is 6. The predicted molar refractivity (Wildman–Crippen MR) is 169 cm³/mol. The van der Waals surface area contributed by atoms with E-state index in [1.54, 1.807) is 21.9 Å². The molecule has 6 rings (SSSR count). The third-order valence-corrected chi connectivity index (χ3v) is 10.1. The van der Waals surface area contributed by atoms with Crippen molar-refractivity contribution in [2.24, 2.45) is 0 Å². The number of carbonyl (C=O) groups excluding carboxylic acids is 1. The van der Waals surface area contributed by atoms with Crippen molar-refractivity contribution < 1.29 is 22.0 Å². The maximum atomic E-state index is 16.0. The summed E-state index contributed by atoms with van der Waals surface area (Å²) in [6.07, 6.45) is 4.84. The standard InChI is InChI=1S/C32H30ClF2N5O4S/c1-4-26(41)38-14-15-39(18(2)17-38)30-22-16-24(35)28(21-11-6-12-23(34)27(21)33)36-31(22)40(32(42)37-30)29-20(19-8-5-9-19)10-7-13-25(29)45(3,43)44/h4,6-7,10-13,16,18-19H,1,5,8-9,14-15,17H2,2-3H3/t18-/m0/s1. The van der Waals surface area contributed by atoms with Crippen molar-refractivity contribution in [3.05, 3.63) is 87.8 Å². The van der Waals surface area contributed by atoms with Crippen molar-refractivity contribution in [2.45, 2.75) is 43.0 Å². The Labute approximate surface area is 263 Å². The van der Waals surface area contributed by atoms with E-state index in [2.05, 4.69) is 16.5 Å². The molecular formula is C32H30ClF2N5O4S. The number of fused-ring (bicyclic) bond motifs is 1. The Hall–Kier alpha value is -4.16. The number of hydrogen-bond donors (Lipinski definition) is 0. The van der Waals surface area contributed by atoms with E-state index in [1.807, 2.05) is 6.92 Å². The number of amides is 1. The molecule has 1 atom stereocenters. The molecule has 2 fully saturated rings. The normalized spacial score (nSPS) is 17.4. The summed E-state index contributed by atoms with van der Waals surface area (Å²) in [7, 11) is -3.86. The van der Waals surface area contributed by atoms with Gasteiger partial charge < -0.3 is 9.80 Å². The third-order valence-electron chi connectivity index (χ3n) is 8.59. The fourth-order valence-corrected chi connectivity index (χ4v) is 7.23. The molecule has 1 amide bonds. The number of hydrogen-bond acceptors (Lipinski definition) is 7. The number of halogens is 3. The monoisotopic (exact) mass is 653 g/mol. The Morgan fingerprint density at radius 1 is 1.09 bits per heavy atom. The van der Waals surface area contributed by atoms with Crippen LogP contribution in [-0.2, 0) is 14.6 Å². The van der Waals surface area contributed by atoms with Gasteiger partial charge in [-0.2, -0.15) is 4.98 Å². The Kier molecular flexibility index (Phi) is 7.98. The van der Waals surface area contributed by atoms with Crippen molar-refractivity contribution in [2.75, 3.05) is 30.8 Å². The molecular weight excluding hydrogens is 624 g/mol. The van der Waals surface area contributed by atoms with Crippen LogP contribution in [0.25, 0.3) is 28.0 Å². The van der Waals surface area contributed by atoms with Gasteiger partial charge in [-0.1, -0.05) is 48.9 Å². The molecule has 2 aromatic heterocycles. The third kappa shape index (κ3) is 5.39. The minimum absolute atomic E-state index is 0.00333. The number of carbonyl (C=O) groups is 1. The van der Waals surface area contributed by atoms with Crippen LogP contribution in [0.3, 0.4) is 0 Å². The van der Waals surface area contributed by atoms with Gasteiger partial charge in [0.05, 0.1) is 21.0 Å². The van der Waals surface area contributed by atoms with Crippen LogP contribution in [-0.4, -0.2) is 65.7 Å². The Bertz CT molecular complexity index is 2050. The van der Waals surface area contributed by atoms with E-state index in [0.717, 1.165) is 42.2 Å². The topological polar surface area (TPSA) is 105 Å². The number of nitrogens with zero attached hydrogens (tertiary/aromatic N) is 5. The van der Waals surface area contributed by atoms with Crippen molar-refractivity contribution >= 4 is 44.2 Å². The Morgan fingerprint density at radius 2 is 1.82 bits per heavy atom. The van der Waals surface area contributed by atoms with Gasteiger partial charge in [0.1, 0.15) is 23.1 Å². The summed E-state index contributed by atoms with van der Waals surface area (Å²) in [6, 6.07) is 9.59. The van der Waals surface area contributed by atoms with Crippen molar-refractivity contribution in [3.8, 4) is 16.9 Å². The lowest BCUT2D eigenvalue weighted by molar-refractivity contribution is -0.126. The second-order valence-electron chi connectivity index (χ2n) is 11.5. The quantitative estimate of drug-likeness (QED) is 0.261. The molecule has 0 N–H and O–H groups in total. The number of aromatic nitrogens is 3. The molecule has 0 unspecified atom stereocenters. The second-order valence-corrected chi connectivity index (χ2v) is 13.8. The zero-order valence-electron chi connectivity index (χ0n) is 24.6. The van der Waals surface area contributed by atoms with Crippen LogP contribution < -0.4 is 10.6 Å². The van der Waals surface area contributed by atoms with Crippen molar-refractivity contribution in [3.63, 3.8) is 0 Å². The first kappa shape index (κ1) is 30.8. The van der Waals surface area contributed by atoms with Gasteiger partial charge in [0.25, 0.3) is 0 Å². The average Bonchev–Trinajstić information content (AvgIpc) is 2.97. The SMILES string of the molecule is C=CC(=O)N1CCN(c2nc(=O)n(-c3c(C4CCC4)cccc3S(C)(=O)=O)c3nc(-c4cccc(F)c4Cl)c(F)cc23)[C@@H](C)C1. The van der Waals surface area contributed by atoms with Crippen molar-refractivity contribution in [1.29, 1.82) is 0 Å². The van der Waals surface area contributed by atoms with Gasteiger partial charge in [-0.3, -0.25) is 4.79 Å². The van der Waals surface area contributed by atoms with Gasteiger partial charge in [0, 0.05) is 37.5 Å². The number of benzene rings is 2. The highest BCUT2D eigenvalue weighted by Crippen LogP contribution is 2.42. The summed E-state index contributed by atoms with van der Waals surface area (Å²) in [5, 5.41) is -0.212.